The molecular formula is C12H18N2O2. The Balaban J connectivity index is 2.29. The topological polar surface area (TPSA) is 61.4 Å². The standard InChI is InChI=1S/C12H18N2O2/c1-13-8-4-7-12(16)14-9-10-5-2-3-6-11(10)15/h2-3,5-6,13,15H,4,7-9H2,1H3,(H,14,16). The van der Waals surface area contributed by atoms with Crippen molar-refractivity contribution < 1.29 is 9.90 Å². The van der Waals surface area contributed by atoms with Crippen LogP contribution in [-0.2, 0) is 11.3 Å². The van der Waals surface area contributed by atoms with E-state index in [-0.39, 0.29) is 11.7 Å². The van der Waals surface area contributed by atoms with Crippen LogP contribution >= 0.6 is 0 Å². The van der Waals surface area contributed by atoms with Crippen molar-refractivity contribution >= 4 is 5.91 Å². The van der Waals surface area contributed by atoms with E-state index in [1.807, 2.05) is 13.1 Å². The van der Waals surface area contributed by atoms with Gasteiger partial charge in [-0.3, -0.25) is 4.79 Å². The van der Waals surface area contributed by atoms with Crippen LogP contribution in [0.3, 0.4) is 0 Å². The summed E-state index contributed by atoms with van der Waals surface area (Å²) in [4.78, 5) is 11.4. The smallest absolute Gasteiger partial charge is 0.220 e. The van der Waals surface area contributed by atoms with Crippen molar-refractivity contribution in [1.29, 1.82) is 0 Å². The Morgan fingerprint density at radius 3 is 2.81 bits per heavy atom. The van der Waals surface area contributed by atoms with E-state index in [1.165, 1.54) is 0 Å². The van der Waals surface area contributed by atoms with E-state index in [1.54, 1.807) is 18.2 Å². The Kier molecular flexibility index (Phi) is 5.36. The van der Waals surface area contributed by atoms with E-state index in [0.717, 1.165) is 18.5 Å². The van der Waals surface area contributed by atoms with E-state index in [0.29, 0.717) is 13.0 Å². The van der Waals surface area contributed by atoms with E-state index in [4.69, 9.17) is 0 Å². The number of hydrogen-bond acceptors (Lipinski definition) is 3. The molecule has 0 unspecified atom stereocenters. The lowest BCUT2D eigenvalue weighted by molar-refractivity contribution is -0.121. The van der Waals surface area contributed by atoms with E-state index >= 15 is 0 Å². The molecule has 1 rings (SSSR count). The van der Waals surface area contributed by atoms with Gasteiger partial charge < -0.3 is 15.7 Å². The van der Waals surface area contributed by atoms with Gasteiger partial charge in [-0.2, -0.15) is 0 Å². The number of phenolic OH excluding ortho intramolecular Hbond substituents is 1. The molecule has 0 spiro atoms. The Bertz CT molecular complexity index is 340. The van der Waals surface area contributed by atoms with Gasteiger partial charge in [0.15, 0.2) is 0 Å². The summed E-state index contributed by atoms with van der Waals surface area (Å²) in [6.45, 7) is 1.22. The second kappa shape index (κ2) is 6.85. The maximum atomic E-state index is 11.4. The van der Waals surface area contributed by atoms with Gasteiger partial charge in [0.2, 0.25) is 5.91 Å². The van der Waals surface area contributed by atoms with Crippen LogP contribution in [0.1, 0.15) is 18.4 Å². The quantitative estimate of drug-likeness (QED) is 0.629. The minimum atomic E-state index is 0.0125. The van der Waals surface area contributed by atoms with Gasteiger partial charge >= 0.3 is 0 Å². The Morgan fingerprint density at radius 2 is 2.12 bits per heavy atom. The van der Waals surface area contributed by atoms with Gasteiger partial charge in [-0.1, -0.05) is 18.2 Å². The van der Waals surface area contributed by atoms with E-state index in [9.17, 15) is 9.90 Å². The highest BCUT2D eigenvalue weighted by Gasteiger charge is 2.03. The SMILES string of the molecule is CNCCCC(=O)NCc1ccccc1O. The fraction of sp³-hybridized carbons (Fsp3) is 0.417. The lowest BCUT2D eigenvalue weighted by Crippen LogP contribution is -2.23. The van der Waals surface area contributed by atoms with Gasteiger partial charge in [-0.15, -0.1) is 0 Å². The molecule has 88 valence electrons. The monoisotopic (exact) mass is 222 g/mol. The molecule has 0 aliphatic heterocycles. The zero-order valence-electron chi connectivity index (χ0n) is 9.49. The van der Waals surface area contributed by atoms with Crippen LogP contribution in [0.15, 0.2) is 24.3 Å². The third kappa shape index (κ3) is 4.31. The van der Waals surface area contributed by atoms with Gasteiger partial charge in [0.25, 0.3) is 0 Å². The molecule has 0 heterocycles. The van der Waals surface area contributed by atoms with Crippen molar-refractivity contribution in [3.05, 3.63) is 29.8 Å². The fourth-order valence-electron chi connectivity index (χ4n) is 1.37. The largest absolute Gasteiger partial charge is 0.508 e. The third-order valence-electron chi connectivity index (χ3n) is 2.30. The van der Waals surface area contributed by atoms with Crippen LogP contribution in [0.2, 0.25) is 0 Å². The maximum Gasteiger partial charge on any atom is 0.220 e. The summed E-state index contributed by atoms with van der Waals surface area (Å²) in [5, 5.41) is 15.2. The second-order valence-electron chi connectivity index (χ2n) is 3.61. The highest BCUT2D eigenvalue weighted by molar-refractivity contribution is 5.75. The van der Waals surface area contributed by atoms with Crippen LogP contribution in [0.5, 0.6) is 5.75 Å². The van der Waals surface area contributed by atoms with Crippen LogP contribution < -0.4 is 10.6 Å². The first-order valence-electron chi connectivity index (χ1n) is 5.42. The van der Waals surface area contributed by atoms with Crippen molar-refractivity contribution in [2.75, 3.05) is 13.6 Å². The number of phenols is 1. The minimum absolute atomic E-state index is 0.0125. The van der Waals surface area contributed by atoms with Crippen LogP contribution in [-0.4, -0.2) is 24.6 Å². The number of nitrogens with one attached hydrogen (secondary N) is 2. The summed E-state index contributed by atoms with van der Waals surface area (Å²) in [7, 11) is 1.86. The third-order valence-corrected chi connectivity index (χ3v) is 2.30. The number of carbonyl (C=O) groups is 1. The number of para-hydroxylation sites is 1. The van der Waals surface area contributed by atoms with Crippen LogP contribution in [0.25, 0.3) is 0 Å². The van der Waals surface area contributed by atoms with Gasteiger partial charge in [0.05, 0.1) is 0 Å². The normalized spacial score (nSPS) is 10.1. The van der Waals surface area contributed by atoms with Crippen molar-refractivity contribution in [2.24, 2.45) is 0 Å². The Morgan fingerprint density at radius 1 is 1.38 bits per heavy atom. The fourth-order valence-corrected chi connectivity index (χ4v) is 1.37. The number of rotatable bonds is 6. The van der Waals surface area contributed by atoms with Crippen LogP contribution in [0, 0.1) is 0 Å². The lowest BCUT2D eigenvalue weighted by atomic mass is 10.2. The molecule has 0 aliphatic carbocycles. The van der Waals surface area contributed by atoms with Gasteiger partial charge in [0, 0.05) is 18.5 Å². The highest BCUT2D eigenvalue weighted by atomic mass is 16.3. The highest BCUT2D eigenvalue weighted by Crippen LogP contribution is 2.14. The van der Waals surface area contributed by atoms with Crippen molar-refractivity contribution in [3.8, 4) is 5.75 Å². The molecule has 0 saturated heterocycles. The first-order chi connectivity index (χ1) is 7.74. The molecule has 3 N–H and O–H groups in total. The molecule has 0 radical (unpaired) electrons. The summed E-state index contributed by atoms with van der Waals surface area (Å²) < 4.78 is 0. The molecule has 0 aromatic heterocycles. The first kappa shape index (κ1) is 12.5. The van der Waals surface area contributed by atoms with Crippen LogP contribution in [0.4, 0.5) is 0 Å². The molecule has 0 saturated carbocycles. The molecule has 1 amide bonds. The molecule has 0 fully saturated rings. The minimum Gasteiger partial charge on any atom is -0.508 e. The molecule has 0 aliphatic rings. The second-order valence-corrected chi connectivity index (χ2v) is 3.61. The Hall–Kier alpha value is -1.55. The summed E-state index contributed by atoms with van der Waals surface area (Å²) in [5.41, 5.74) is 0.740. The number of benzene rings is 1. The summed E-state index contributed by atoms with van der Waals surface area (Å²) in [6, 6.07) is 7.00. The van der Waals surface area contributed by atoms with Gasteiger partial charge in [0.1, 0.15) is 5.75 Å². The molecular weight excluding hydrogens is 204 g/mol. The molecule has 16 heavy (non-hydrogen) atoms. The van der Waals surface area contributed by atoms with Crippen molar-refractivity contribution in [2.45, 2.75) is 19.4 Å². The molecule has 4 heteroatoms. The Labute approximate surface area is 95.7 Å². The summed E-state index contributed by atoms with van der Waals surface area (Å²) >= 11 is 0. The van der Waals surface area contributed by atoms with E-state index in [2.05, 4.69) is 10.6 Å². The van der Waals surface area contributed by atoms with Gasteiger partial charge in [-0.25, -0.2) is 0 Å². The lowest BCUT2D eigenvalue weighted by Gasteiger charge is -2.06. The molecule has 1 aromatic carbocycles. The number of carbonyl (C=O) groups excluding carboxylic acids is 1. The molecule has 1 aromatic rings. The first-order valence-corrected chi connectivity index (χ1v) is 5.42. The average molecular weight is 222 g/mol. The average Bonchev–Trinajstić information content (AvgIpc) is 2.28. The molecule has 0 bridgehead atoms. The van der Waals surface area contributed by atoms with Crippen molar-refractivity contribution in [3.63, 3.8) is 0 Å². The molecule has 0 atom stereocenters. The predicted molar refractivity (Wildman–Crippen MR) is 63.1 cm³/mol. The maximum absolute atomic E-state index is 11.4. The van der Waals surface area contributed by atoms with Gasteiger partial charge in [-0.05, 0) is 26.1 Å². The number of aromatic hydroxyl groups is 1. The number of hydrogen-bond donors (Lipinski definition) is 3. The molecule has 4 nitrogen and oxygen atoms in total. The summed E-state index contributed by atoms with van der Waals surface area (Å²) in [6.07, 6.45) is 1.33. The van der Waals surface area contributed by atoms with E-state index < -0.39 is 0 Å². The number of amides is 1. The van der Waals surface area contributed by atoms with Crippen molar-refractivity contribution in [1.82, 2.24) is 10.6 Å². The summed E-state index contributed by atoms with van der Waals surface area (Å²) in [5.74, 6) is 0.233. The zero-order chi connectivity index (χ0) is 11.8. The predicted octanol–water partition coefficient (Wildman–Crippen LogP) is 1.01. The zero-order valence-corrected chi connectivity index (χ0v) is 9.49.